The molecule has 0 bridgehead atoms. The van der Waals surface area contributed by atoms with Crippen LogP contribution in [0.1, 0.15) is 25.5 Å². The molecule has 6 heteroatoms. The van der Waals surface area contributed by atoms with Gasteiger partial charge in [0.15, 0.2) is 0 Å². The second-order valence-corrected chi connectivity index (χ2v) is 5.36. The molecule has 18 heavy (non-hydrogen) atoms. The number of benzene rings is 1. The third-order valence-electron chi connectivity index (χ3n) is 2.95. The Bertz CT molecular complexity index is 482. The van der Waals surface area contributed by atoms with Gasteiger partial charge in [-0.05, 0) is 12.1 Å². The third kappa shape index (κ3) is 2.27. The first-order valence-electron chi connectivity index (χ1n) is 5.39. The Kier molecular flexibility index (Phi) is 3.19. The molecule has 98 valence electrons. The van der Waals surface area contributed by atoms with Gasteiger partial charge in [0.05, 0.1) is 6.04 Å². The Morgan fingerprint density at radius 1 is 1.39 bits per heavy atom. The molecule has 0 radical (unpaired) electrons. The summed E-state index contributed by atoms with van der Waals surface area (Å²) in [5, 5.41) is 2.42. The number of ether oxygens (including phenoxy) is 1. The second kappa shape index (κ2) is 4.39. The molecule has 1 fully saturated rings. The van der Waals surface area contributed by atoms with Crippen LogP contribution >= 0.6 is 11.6 Å². The molecule has 1 aromatic rings. The number of amides is 1. The highest BCUT2D eigenvalue weighted by atomic mass is 35.5. The predicted molar refractivity (Wildman–Crippen MR) is 62.4 cm³/mol. The minimum absolute atomic E-state index is 0.0232. The summed E-state index contributed by atoms with van der Waals surface area (Å²) in [4.78, 5) is 11.2. The highest BCUT2D eigenvalue weighted by molar-refractivity contribution is 6.30. The van der Waals surface area contributed by atoms with Crippen molar-refractivity contribution in [3.05, 3.63) is 34.4 Å². The maximum Gasteiger partial charge on any atom is 0.407 e. The summed E-state index contributed by atoms with van der Waals surface area (Å²) in [6, 6.07) is 1.26. The van der Waals surface area contributed by atoms with Crippen LogP contribution in [0.25, 0.3) is 0 Å². The Balaban J connectivity index is 2.49. The van der Waals surface area contributed by atoms with Crippen molar-refractivity contribution in [1.82, 2.24) is 5.32 Å². The van der Waals surface area contributed by atoms with Gasteiger partial charge in [-0.3, -0.25) is 0 Å². The van der Waals surface area contributed by atoms with E-state index in [9.17, 15) is 13.6 Å². The molecule has 0 aliphatic carbocycles. The van der Waals surface area contributed by atoms with E-state index >= 15 is 0 Å². The quantitative estimate of drug-likeness (QED) is 0.853. The van der Waals surface area contributed by atoms with E-state index in [1.165, 1.54) is 0 Å². The molecule has 0 aromatic heterocycles. The predicted octanol–water partition coefficient (Wildman–Crippen LogP) is 3.43. The average Bonchev–Trinajstić information content (AvgIpc) is 2.22. The van der Waals surface area contributed by atoms with Gasteiger partial charge in [0.1, 0.15) is 18.2 Å². The zero-order valence-corrected chi connectivity index (χ0v) is 10.6. The minimum atomic E-state index is -0.795. The van der Waals surface area contributed by atoms with Crippen LogP contribution in [-0.4, -0.2) is 12.7 Å². The molecule has 1 aromatic carbocycles. The monoisotopic (exact) mass is 275 g/mol. The summed E-state index contributed by atoms with van der Waals surface area (Å²) in [6.07, 6.45) is -0.687. The van der Waals surface area contributed by atoms with Gasteiger partial charge in [0, 0.05) is 16.0 Å². The van der Waals surface area contributed by atoms with Crippen molar-refractivity contribution in [2.45, 2.75) is 19.9 Å². The van der Waals surface area contributed by atoms with Crippen molar-refractivity contribution in [1.29, 1.82) is 0 Å². The highest BCUT2D eigenvalue weighted by Crippen LogP contribution is 2.39. The first-order chi connectivity index (χ1) is 8.31. The summed E-state index contributed by atoms with van der Waals surface area (Å²) in [5.41, 5.74) is -0.815. The molecule has 2 rings (SSSR count). The van der Waals surface area contributed by atoms with Crippen molar-refractivity contribution in [2.24, 2.45) is 5.41 Å². The molecule has 1 aliphatic rings. The number of rotatable bonds is 1. The van der Waals surface area contributed by atoms with Gasteiger partial charge in [0.2, 0.25) is 0 Å². The van der Waals surface area contributed by atoms with E-state index in [1.807, 2.05) is 0 Å². The SMILES string of the molecule is CC1(C)COC(=O)N[C@H]1c1c(F)cc(Cl)cc1F. The summed E-state index contributed by atoms with van der Waals surface area (Å²) in [5.74, 6) is -1.56. The van der Waals surface area contributed by atoms with E-state index in [0.717, 1.165) is 12.1 Å². The number of hydrogen-bond donors (Lipinski definition) is 1. The Hall–Kier alpha value is -1.36. The van der Waals surface area contributed by atoms with Crippen LogP contribution in [-0.2, 0) is 4.74 Å². The summed E-state index contributed by atoms with van der Waals surface area (Å²) in [6.45, 7) is 3.60. The first-order valence-corrected chi connectivity index (χ1v) is 5.77. The topological polar surface area (TPSA) is 38.3 Å². The van der Waals surface area contributed by atoms with E-state index in [-0.39, 0.29) is 17.2 Å². The molecule has 1 heterocycles. The number of cyclic esters (lactones) is 1. The van der Waals surface area contributed by atoms with E-state index in [4.69, 9.17) is 16.3 Å². The van der Waals surface area contributed by atoms with E-state index in [1.54, 1.807) is 13.8 Å². The Labute approximate surface area is 108 Å². The molecule has 0 spiro atoms. The van der Waals surface area contributed by atoms with Crippen molar-refractivity contribution in [3.8, 4) is 0 Å². The van der Waals surface area contributed by atoms with E-state index < -0.39 is 29.2 Å². The number of carbonyl (C=O) groups is 1. The van der Waals surface area contributed by atoms with Crippen LogP contribution in [0.15, 0.2) is 12.1 Å². The van der Waals surface area contributed by atoms with Gasteiger partial charge < -0.3 is 10.1 Å². The lowest BCUT2D eigenvalue weighted by Gasteiger charge is -2.38. The van der Waals surface area contributed by atoms with Crippen LogP contribution in [0.5, 0.6) is 0 Å². The number of nitrogens with one attached hydrogen (secondary N) is 1. The third-order valence-corrected chi connectivity index (χ3v) is 3.17. The van der Waals surface area contributed by atoms with Crippen LogP contribution in [0, 0.1) is 17.0 Å². The van der Waals surface area contributed by atoms with Gasteiger partial charge in [-0.25, -0.2) is 13.6 Å². The van der Waals surface area contributed by atoms with Crippen LogP contribution < -0.4 is 5.32 Å². The summed E-state index contributed by atoms with van der Waals surface area (Å²) < 4.78 is 32.5. The van der Waals surface area contributed by atoms with Crippen molar-refractivity contribution >= 4 is 17.7 Å². The normalized spacial score (nSPS) is 22.3. The zero-order valence-electron chi connectivity index (χ0n) is 9.89. The summed E-state index contributed by atoms with van der Waals surface area (Å²) >= 11 is 5.57. The molecule has 1 atom stereocenters. The van der Waals surface area contributed by atoms with Gasteiger partial charge in [-0.15, -0.1) is 0 Å². The number of carbonyl (C=O) groups excluding carboxylic acids is 1. The largest absolute Gasteiger partial charge is 0.449 e. The Morgan fingerprint density at radius 2 is 1.94 bits per heavy atom. The van der Waals surface area contributed by atoms with E-state index in [0.29, 0.717) is 0 Å². The first kappa shape index (κ1) is 13.1. The van der Waals surface area contributed by atoms with Crippen LogP contribution in [0.2, 0.25) is 5.02 Å². The van der Waals surface area contributed by atoms with Crippen molar-refractivity contribution in [2.75, 3.05) is 6.61 Å². The lowest BCUT2D eigenvalue weighted by Crippen LogP contribution is -2.47. The van der Waals surface area contributed by atoms with Gasteiger partial charge >= 0.3 is 6.09 Å². The maximum absolute atomic E-state index is 13.8. The molecular formula is C12H12ClF2NO2. The molecule has 1 amide bonds. The lowest BCUT2D eigenvalue weighted by molar-refractivity contribution is 0.0367. The van der Waals surface area contributed by atoms with Gasteiger partial charge in [-0.1, -0.05) is 25.4 Å². The fourth-order valence-corrected chi connectivity index (χ4v) is 2.17. The van der Waals surface area contributed by atoms with Gasteiger partial charge in [0.25, 0.3) is 0 Å². The molecule has 0 unspecified atom stereocenters. The molecular weight excluding hydrogens is 264 g/mol. The molecule has 1 N–H and O–H groups in total. The standard InChI is InChI=1S/C12H12ClF2NO2/c1-12(2)5-18-11(17)16-10(12)9-7(14)3-6(13)4-8(9)15/h3-4,10H,5H2,1-2H3,(H,16,17)/t10-/m0/s1. The number of alkyl carbamates (subject to hydrolysis) is 1. The van der Waals surface area contributed by atoms with Crippen molar-refractivity contribution in [3.63, 3.8) is 0 Å². The molecule has 3 nitrogen and oxygen atoms in total. The van der Waals surface area contributed by atoms with Crippen molar-refractivity contribution < 1.29 is 18.3 Å². The Morgan fingerprint density at radius 3 is 2.50 bits per heavy atom. The average molecular weight is 276 g/mol. The lowest BCUT2D eigenvalue weighted by atomic mass is 9.80. The fourth-order valence-electron chi connectivity index (χ4n) is 1.98. The molecule has 1 saturated heterocycles. The molecule has 0 saturated carbocycles. The van der Waals surface area contributed by atoms with Gasteiger partial charge in [-0.2, -0.15) is 0 Å². The van der Waals surface area contributed by atoms with E-state index in [2.05, 4.69) is 5.32 Å². The van der Waals surface area contributed by atoms with Crippen LogP contribution in [0.3, 0.4) is 0 Å². The number of hydrogen-bond acceptors (Lipinski definition) is 2. The van der Waals surface area contributed by atoms with Crippen LogP contribution in [0.4, 0.5) is 13.6 Å². The minimum Gasteiger partial charge on any atom is -0.449 e. The highest BCUT2D eigenvalue weighted by Gasteiger charge is 2.40. The zero-order chi connectivity index (χ0) is 13.5. The fraction of sp³-hybridized carbons (Fsp3) is 0.417. The maximum atomic E-state index is 13.8. The smallest absolute Gasteiger partial charge is 0.407 e. The molecule has 1 aliphatic heterocycles. The second-order valence-electron chi connectivity index (χ2n) is 4.93. The summed E-state index contributed by atoms with van der Waals surface area (Å²) in [7, 11) is 0. The number of halogens is 3.